The van der Waals surface area contributed by atoms with E-state index in [-0.39, 0.29) is 23.7 Å². The van der Waals surface area contributed by atoms with Crippen LogP contribution < -0.4 is 5.32 Å². The van der Waals surface area contributed by atoms with Gasteiger partial charge in [-0.25, -0.2) is 14.8 Å². The second-order valence-electron chi connectivity index (χ2n) is 11.3. The third-order valence-corrected chi connectivity index (χ3v) is 8.14. The van der Waals surface area contributed by atoms with E-state index in [1.54, 1.807) is 13.2 Å². The number of hydrogen-bond donors (Lipinski definition) is 2. The van der Waals surface area contributed by atoms with Gasteiger partial charge in [0.2, 0.25) is 5.95 Å². The van der Waals surface area contributed by atoms with Crippen molar-refractivity contribution in [1.29, 1.82) is 0 Å². The topological polar surface area (TPSA) is 123 Å². The summed E-state index contributed by atoms with van der Waals surface area (Å²) in [7, 11) is 1.58. The Morgan fingerprint density at radius 2 is 1.95 bits per heavy atom. The van der Waals surface area contributed by atoms with Gasteiger partial charge < -0.3 is 19.9 Å². The zero-order chi connectivity index (χ0) is 29.4. The number of benzene rings is 1. The van der Waals surface area contributed by atoms with Gasteiger partial charge in [-0.15, -0.1) is 4.91 Å². The second kappa shape index (κ2) is 13.9. The molecule has 9 nitrogen and oxygen atoms in total. The number of nitroso groups, excluding NO2 is 1. The minimum atomic E-state index is -0.776. The van der Waals surface area contributed by atoms with Gasteiger partial charge in [-0.2, -0.15) is 0 Å². The average molecular weight is 563 g/mol. The molecule has 0 amide bonds. The summed E-state index contributed by atoms with van der Waals surface area (Å²) in [5, 5.41) is 17.8. The van der Waals surface area contributed by atoms with E-state index >= 15 is 0 Å². The van der Waals surface area contributed by atoms with Gasteiger partial charge in [0.05, 0.1) is 12.2 Å². The molecule has 1 aromatic heterocycles. The standard InChI is InChI=1S/C32H42N4O5/c1-5-6-11-26(35-31-33-21(2)16-22(3)34-31)18-27-29(37)19-32(41-30(27)38,25-9-7-8-10-25)15-14-23-12-13-28(36-39)24(17-23)20-40-4/h11-13,16-17,25,37H,5-10,14-15,18-20H2,1-4H3,(H,33,34,35)/b26-11+. The molecule has 0 radical (unpaired) electrons. The zero-order valence-corrected chi connectivity index (χ0v) is 24.7. The Morgan fingerprint density at radius 1 is 1.22 bits per heavy atom. The summed E-state index contributed by atoms with van der Waals surface area (Å²) < 4.78 is 11.6. The number of rotatable bonds is 13. The van der Waals surface area contributed by atoms with Crippen LogP contribution in [0.3, 0.4) is 0 Å². The van der Waals surface area contributed by atoms with Crippen LogP contribution in [0.25, 0.3) is 0 Å². The summed E-state index contributed by atoms with van der Waals surface area (Å²) in [4.78, 5) is 33.8. The normalized spacial score (nSPS) is 19.9. The van der Waals surface area contributed by atoms with Crippen molar-refractivity contribution >= 4 is 17.6 Å². The Bertz CT molecular complexity index is 1290. The third-order valence-electron chi connectivity index (χ3n) is 8.14. The highest BCUT2D eigenvalue weighted by atomic mass is 16.6. The van der Waals surface area contributed by atoms with Crippen molar-refractivity contribution < 1.29 is 19.4 Å². The minimum Gasteiger partial charge on any atom is -0.512 e. The average Bonchev–Trinajstić information content (AvgIpc) is 3.48. The molecule has 0 saturated heterocycles. The van der Waals surface area contributed by atoms with Crippen molar-refractivity contribution in [3.8, 4) is 0 Å². The minimum absolute atomic E-state index is 0.0965. The van der Waals surface area contributed by atoms with E-state index in [4.69, 9.17) is 9.47 Å². The van der Waals surface area contributed by atoms with Gasteiger partial charge in [-0.1, -0.05) is 44.4 Å². The lowest BCUT2D eigenvalue weighted by atomic mass is 9.76. The molecule has 2 heterocycles. The van der Waals surface area contributed by atoms with Crippen molar-refractivity contribution in [3.63, 3.8) is 0 Å². The molecular formula is C32H42N4O5. The van der Waals surface area contributed by atoms with Gasteiger partial charge in [0.1, 0.15) is 17.0 Å². The lowest BCUT2D eigenvalue weighted by Crippen LogP contribution is -2.46. The van der Waals surface area contributed by atoms with E-state index in [1.807, 2.05) is 38.1 Å². The summed E-state index contributed by atoms with van der Waals surface area (Å²) in [6, 6.07) is 7.43. The molecule has 4 rings (SSSR count). The number of esters is 1. The number of ether oxygens (including phenoxy) is 2. The zero-order valence-electron chi connectivity index (χ0n) is 24.7. The number of aromatic nitrogens is 2. The van der Waals surface area contributed by atoms with Crippen LogP contribution in [0.1, 0.15) is 87.2 Å². The van der Waals surface area contributed by atoms with E-state index < -0.39 is 11.6 Å². The first-order chi connectivity index (χ1) is 19.8. The molecule has 2 aromatic rings. The van der Waals surface area contributed by atoms with Crippen LogP contribution in [0.5, 0.6) is 0 Å². The van der Waals surface area contributed by atoms with Crippen LogP contribution in [0.15, 0.2) is 52.5 Å². The molecule has 1 atom stereocenters. The number of methoxy groups -OCH3 is 1. The maximum absolute atomic E-state index is 13.6. The van der Waals surface area contributed by atoms with Crippen LogP contribution in [-0.2, 0) is 27.3 Å². The molecule has 1 unspecified atom stereocenters. The van der Waals surface area contributed by atoms with Crippen molar-refractivity contribution in [1.82, 2.24) is 9.97 Å². The number of anilines is 1. The number of allylic oxidation sites excluding steroid dienone is 2. The van der Waals surface area contributed by atoms with Gasteiger partial charge in [-0.3, -0.25) is 0 Å². The molecule has 0 bridgehead atoms. The molecule has 0 spiro atoms. The third kappa shape index (κ3) is 7.58. The van der Waals surface area contributed by atoms with Crippen molar-refractivity contribution in [3.05, 3.63) is 74.8 Å². The summed E-state index contributed by atoms with van der Waals surface area (Å²) in [5.41, 5.74) is 4.06. The number of aliphatic hydroxyl groups is 1. The van der Waals surface area contributed by atoms with Crippen LogP contribution in [-0.4, -0.2) is 33.8 Å². The van der Waals surface area contributed by atoms with Gasteiger partial charge in [0.15, 0.2) is 0 Å². The summed E-state index contributed by atoms with van der Waals surface area (Å²) >= 11 is 0. The second-order valence-corrected chi connectivity index (χ2v) is 11.3. The van der Waals surface area contributed by atoms with E-state index in [0.29, 0.717) is 37.5 Å². The highest BCUT2D eigenvalue weighted by Gasteiger charge is 2.48. The smallest absolute Gasteiger partial charge is 0.338 e. The maximum Gasteiger partial charge on any atom is 0.338 e. The first kappa shape index (κ1) is 30.4. The predicted molar refractivity (Wildman–Crippen MR) is 159 cm³/mol. The SMILES string of the molecule is CCC/C=C(\CC1=C(O)CC(CCc2ccc(N=O)c(COC)c2)(C2CCCC2)OC1=O)Nc1nc(C)cc(C)n1. The fourth-order valence-electron chi connectivity index (χ4n) is 6.10. The molecule has 41 heavy (non-hydrogen) atoms. The lowest BCUT2D eigenvalue weighted by molar-refractivity contribution is -0.167. The summed E-state index contributed by atoms with van der Waals surface area (Å²) in [6.07, 6.45) is 9.60. The van der Waals surface area contributed by atoms with Crippen molar-refractivity contribution in [2.75, 3.05) is 12.4 Å². The van der Waals surface area contributed by atoms with E-state index in [2.05, 4.69) is 27.4 Å². The number of nitrogens with zero attached hydrogens (tertiary/aromatic N) is 3. The number of cyclic esters (lactones) is 1. The molecule has 2 N–H and O–H groups in total. The number of nitrogens with one attached hydrogen (secondary N) is 1. The van der Waals surface area contributed by atoms with Crippen molar-refractivity contribution in [2.24, 2.45) is 11.1 Å². The lowest BCUT2D eigenvalue weighted by Gasteiger charge is -2.42. The first-order valence-electron chi connectivity index (χ1n) is 14.6. The molecule has 2 aliphatic rings. The molecule has 220 valence electrons. The van der Waals surface area contributed by atoms with E-state index in [1.165, 1.54) is 0 Å². The maximum atomic E-state index is 13.6. The Morgan fingerprint density at radius 3 is 2.59 bits per heavy atom. The van der Waals surface area contributed by atoms with E-state index in [9.17, 15) is 14.8 Å². The highest BCUT2D eigenvalue weighted by Crippen LogP contribution is 2.46. The fraction of sp³-hybridized carbons (Fsp3) is 0.531. The first-order valence-corrected chi connectivity index (χ1v) is 14.6. The Hall–Kier alpha value is -3.59. The van der Waals surface area contributed by atoms with Crippen molar-refractivity contribution in [2.45, 2.75) is 97.2 Å². The highest BCUT2D eigenvalue weighted by molar-refractivity contribution is 5.91. The number of aliphatic hydroxyl groups excluding tert-OH is 1. The Balaban J connectivity index is 1.57. The van der Waals surface area contributed by atoms with Gasteiger partial charge in [-0.05, 0) is 74.7 Å². The van der Waals surface area contributed by atoms with Crippen LogP contribution >= 0.6 is 0 Å². The van der Waals surface area contributed by atoms with Gasteiger partial charge >= 0.3 is 5.97 Å². The summed E-state index contributed by atoms with van der Waals surface area (Å²) in [5.74, 6) is 0.283. The molecule has 1 aliphatic heterocycles. The number of unbranched alkanes of at least 4 members (excludes halogenated alkanes) is 1. The van der Waals surface area contributed by atoms with Crippen LogP contribution in [0, 0.1) is 24.7 Å². The molecule has 1 aromatic carbocycles. The number of aryl methyl sites for hydroxylation is 3. The summed E-state index contributed by atoms with van der Waals surface area (Å²) in [6.45, 7) is 6.21. The number of hydrogen-bond acceptors (Lipinski definition) is 9. The largest absolute Gasteiger partial charge is 0.512 e. The molecule has 1 saturated carbocycles. The van der Waals surface area contributed by atoms with Crippen LogP contribution in [0.2, 0.25) is 0 Å². The molecule has 1 aliphatic carbocycles. The van der Waals surface area contributed by atoms with Gasteiger partial charge in [0, 0.05) is 42.6 Å². The molecule has 1 fully saturated rings. The monoisotopic (exact) mass is 562 g/mol. The number of carbonyl (C=O) groups excluding carboxylic acids is 1. The Labute approximate surface area is 242 Å². The van der Waals surface area contributed by atoms with Crippen LogP contribution in [0.4, 0.5) is 11.6 Å². The molecule has 9 heteroatoms. The molecular weight excluding hydrogens is 520 g/mol. The van der Waals surface area contributed by atoms with Gasteiger partial charge in [0.25, 0.3) is 0 Å². The fourth-order valence-corrected chi connectivity index (χ4v) is 6.10. The quantitative estimate of drug-likeness (QED) is 0.191. The Kier molecular flexibility index (Phi) is 10.3. The predicted octanol–water partition coefficient (Wildman–Crippen LogP) is 7.44. The van der Waals surface area contributed by atoms with E-state index in [0.717, 1.165) is 66.7 Å². The number of carbonyl (C=O) groups is 1.